The number of nitrogens with one attached hydrogen (secondary N) is 2. The molecule has 0 bridgehead atoms. The summed E-state index contributed by atoms with van der Waals surface area (Å²) in [4.78, 5) is 17.3. The minimum atomic E-state index is -0.255. The van der Waals surface area contributed by atoms with E-state index in [0.717, 1.165) is 47.0 Å². The number of hydrogen-bond acceptors (Lipinski definition) is 2. The highest BCUT2D eigenvalue weighted by Gasteiger charge is 2.16. The first kappa shape index (κ1) is 17.3. The molecule has 1 aliphatic heterocycles. The zero-order chi connectivity index (χ0) is 18.8. The van der Waals surface area contributed by atoms with Crippen molar-refractivity contribution in [3.8, 4) is 11.3 Å². The van der Waals surface area contributed by atoms with E-state index in [1.807, 2.05) is 49.4 Å². The Morgan fingerprint density at radius 3 is 2.70 bits per heavy atom. The summed E-state index contributed by atoms with van der Waals surface area (Å²) in [6.45, 7) is 5.11. The molecule has 0 unspecified atom stereocenters. The predicted octanol–water partition coefficient (Wildman–Crippen LogP) is 5.15. The number of urea groups is 1. The molecular formula is C22H24N4O. The second-order valence-corrected chi connectivity index (χ2v) is 7.12. The van der Waals surface area contributed by atoms with Crippen LogP contribution in [-0.4, -0.2) is 15.6 Å². The molecule has 0 saturated heterocycles. The second kappa shape index (κ2) is 7.27. The molecule has 27 heavy (non-hydrogen) atoms. The van der Waals surface area contributed by atoms with E-state index in [0.29, 0.717) is 0 Å². The largest absolute Gasteiger partial charge is 0.334 e. The highest BCUT2D eigenvalue weighted by atomic mass is 16.2. The molecule has 0 spiro atoms. The first-order valence-corrected chi connectivity index (χ1v) is 9.41. The second-order valence-electron chi connectivity index (χ2n) is 7.12. The van der Waals surface area contributed by atoms with Gasteiger partial charge < -0.3 is 15.2 Å². The number of benzene rings is 2. The van der Waals surface area contributed by atoms with E-state index in [9.17, 15) is 4.79 Å². The van der Waals surface area contributed by atoms with Crippen LogP contribution in [0.2, 0.25) is 0 Å². The Bertz CT molecular complexity index is 966. The standard InChI is InChI=1S/C22H24N4O/c1-15-10-11-17(13-16(15)2)23-22(27)25-19-8-4-3-7-18(19)20-14-26-12-6-5-9-21(26)24-20/h3-4,7-8,10-11,13-14H,5-6,9,12H2,1-2H3,(H2,23,25,27). The number of aromatic nitrogens is 2. The molecule has 0 aliphatic carbocycles. The number of carbonyl (C=O) groups excluding carboxylic acids is 1. The number of carbonyl (C=O) groups is 1. The monoisotopic (exact) mass is 360 g/mol. The van der Waals surface area contributed by atoms with Gasteiger partial charge in [-0.3, -0.25) is 0 Å². The summed E-state index contributed by atoms with van der Waals surface area (Å²) in [5.74, 6) is 1.13. The van der Waals surface area contributed by atoms with Gasteiger partial charge in [0.1, 0.15) is 5.82 Å². The summed E-state index contributed by atoms with van der Waals surface area (Å²) in [5.41, 5.74) is 5.75. The van der Waals surface area contributed by atoms with Crippen LogP contribution >= 0.6 is 0 Å². The van der Waals surface area contributed by atoms with Crippen LogP contribution in [0.1, 0.15) is 29.8 Å². The van der Waals surface area contributed by atoms with Gasteiger partial charge in [-0.05, 0) is 56.0 Å². The van der Waals surface area contributed by atoms with Gasteiger partial charge in [0.2, 0.25) is 0 Å². The minimum Gasteiger partial charge on any atom is -0.334 e. The minimum absolute atomic E-state index is 0.255. The normalized spacial score (nSPS) is 13.1. The van der Waals surface area contributed by atoms with Gasteiger partial charge in [0.05, 0.1) is 11.4 Å². The first-order chi connectivity index (χ1) is 13.1. The van der Waals surface area contributed by atoms with Crippen molar-refractivity contribution in [3.63, 3.8) is 0 Å². The first-order valence-electron chi connectivity index (χ1n) is 9.41. The maximum atomic E-state index is 12.5. The average Bonchev–Trinajstić information content (AvgIpc) is 3.09. The molecule has 4 rings (SSSR count). The zero-order valence-electron chi connectivity index (χ0n) is 15.7. The van der Waals surface area contributed by atoms with Crippen LogP contribution in [0.5, 0.6) is 0 Å². The number of nitrogens with zero attached hydrogens (tertiary/aromatic N) is 2. The van der Waals surface area contributed by atoms with Crippen molar-refractivity contribution in [2.75, 3.05) is 10.6 Å². The Morgan fingerprint density at radius 2 is 1.89 bits per heavy atom. The molecule has 0 saturated carbocycles. The molecule has 2 N–H and O–H groups in total. The summed E-state index contributed by atoms with van der Waals surface area (Å²) in [5, 5.41) is 5.88. The molecule has 1 aromatic heterocycles. The Hall–Kier alpha value is -3.08. The molecule has 0 atom stereocenters. The molecule has 138 valence electrons. The summed E-state index contributed by atoms with van der Waals surface area (Å²) < 4.78 is 2.23. The Morgan fingerprint density at radius 1 is 1.04 bits per heavy atom. The highest BCUT2D eigenvalue weighted by Crippen LogP contribution is 2.29. The molecule has 5 heteroatoms. The highest BCUT2D eigenvalue weighted by molar-refractivity contribution is 6.02. The fourth-order valence-electron chi connectivity index (χ4n) is 3.46. The average molecular weight is 360 g/mol. The smallest absolute Gasteiger partial charge is 0.323 e. The third-order valence-electron chi connectivity index (χ3n) is 5.12. The fourth-order valence-corrected chi connectivity index (χ4v) is 3.46. The van der Waals surface area contributed by atoms with E-state index in [1.165, 1.54) is 18.4 Å². The van der Waals surface area contributed by atoms with Crippen molar-refractivity contribution in [2.45, 2.75) is 39.7 Å². The number of imidazole rings is 1. The van der Waals surface area contributed by atoms with Crippen molar-refractivity contribution in [3.05, 3.63) is 65.6 Å². The third kappa shape index (κ3) is 3.72. The Balaban J connectivity index is 1.55. The van der Waals surface area contributed by atoms with Gasteiger partial charge in [0.25, 0.3) is 0 Å². The lowest BCUT2D eigenvalue weighted by atomic mass is 10.1. The molecule has 2 aromatic carbocycles. The van der Waals surface area contributed by atoms with E-state index in [2.05, 4.69) is 28.3 Å². The van der Waals surface area contributed by atoms with Crippen LogP contribution in [0, 0.1) is 13.8 Å². The quantitative estimate of drug-likeness (QED) is 0.679. The SMILES string of the molecule is Cc1ccc(NC(=O)Nc2ccccc2-c2cn3c(n2)CCCC3)cc1C. The topological polar surface area (TPSA) is 59.0 Å². The van der Waals surface area contributed by atoms with Crippen molar-refractivity contribution in [1.82, 2.24) is 9.55 Å². The van der Waals surface area contributed by atoms with Gasteiger partial charge in [-0.25, -0.2) is 9.78 Å². The van der Waals surface area contributed by atoms with Crippen LogP contribution in [0.4, 0.5) is 16.2 Å². The van der Waals surface area contributed by atoms with E-state index >= 15 is 0 Å². The molecule has 5 nitrogen and oxygen atoms in total. The number of rotatable bonds is 3. The molecular weight excluding hydrogens is 336 g/mol. The number of anilines is 2. The van der Waals surface area contributed by atoms with E-state index in [1.54, 1.807) is 0 Å². The predicted molar refractivity (Wildman–Crippen MR) is 109 cm³/mol. The Labute approximate surface area is 159 Å². The summed E-state index contributed by atoms with van der Waals surface area (Å²) in [7, 11) is 0. The summed E-state index contributed by atoms with van der Waals surface area (Å²) in [6.07, 6.45) is 5.49. The lowest BCUT2D eigenvalue weighted by Crippen LogP contribution is -2.20. The van der Waals surface area contributed by atoms with Gasteiger partial charge in [-0.1, -0.05) is 24.3 Å². The number of fused-ring (bicyclic) bond motifs is 1. The maximum Gasteiger partial charge on any atom is 0.323 e. The molecule has 2 heterocycles. The number of para-hydroxylation sites is 1. The van der Waals surface area contributed by atoms with Gasteiger partial charge >= 0.3 is 6.03 Å². The van der Waals surface area contributed by atoms with Crippen molar-refractivity contribution >= 4 is 17.4 Å². The van der Waals surface area contributed by atoms with Gasteiger partial charge in [-0.2, -0.15) is 0 Å². The van der Waals surface area contributed by atoms with E-state index in [4.69, 9.17) is 4.98 Å². The zero-order valence-corrected chi connectivity index (χ0v) is 15.7. The van der Waals surface area contributed by atoms with Crippen LogP contribution in [0.25, 0.3) is 11.3 Å². The van der Waals surface area contributed by atoms with E-state index < -0.39 is 0 Å². The summed E-state index contributed by atoms with van der Waals surface area (Å²) in [6, 6.07) is 13.4. The van der Waals surface area contributed by atoms with Gasteiger partial charge in [-0.15, -0.1) is 0 Å². The van der Waals surface area contributed by atoms with Crippen molar-refractivity contribution in [1.29, 1.82) is 0 Å². The van der Waals surface area contributed by atoms with Crippen LogP contribution in [-0.2, 0) is 13.0 Å². The lowest BCUT2D eigenvalue weighted by molar-refractivity contribution is 0.262. The van der Waals surface area contributed by atoms with Gasteiger partial charge in [0, 0.05) is 30.4 Å². The molecule has 3 aromatic rings. The maximum absolute atomic E-state index is 12.5. The fraction of sp³-hybridized carbons (Fsp3) is 0.273. The summed E-state index contributed by atoms with van der Waals surface area (Å²) >= 11 is 0. The molecule has 0 radical (unpaired) electrons. The Kier molecular flexibility index (Phi) is 4.67. The van der Waals surface area contributed by atoms with Crippen LogP contribution in [0.3, 0.4) is 0 Å². The number of aryl methyl sites for hydroxylation is 4. The van der Waals surface area contributed by atoms with Crippen LogP contribution < -0.4 is 10.6 Å². The number of amides is 2. The lowest BCUT2D eigenvalue weighted by Gasteiger charge is -2.12. The van der Waals surface area contributed by atoms with Crippen molar-refractivity contribution in [2.24, 2.45) is 0 Å². The number of hydrogen-bond donors (Lipinski definition) is 2. The molecule has 2 amide bonds. The van der Waals surface area contributed by atoms with E-state index in [-0.39, 0.29) is 6.03 Å². The molecule has 0 fully saturated rings. The van der Waals surface area contributed by atoms with Crippen LogP contribution in [0.15, 0.2) is 48.7 Å². The molecule has 1 aliphatic rings. The third-order valence-corrected chi connectivity index (χ3v) is 5.12. The van der Waals surface area contributed by atoms with Gasteiger partial charge in [0.15, 0.2) is 0 Å². The van der Waals surface area contributed by atoms with Crippen molar-refractivity contribution < 1.29 is 4.79 Å².